The first-order chi connectivity index (χ1) is 13.9. The zero-order chi connectivity index (χ0) is 21.2. The van der Waals surface area contributed by atoms with Crippen LogP contribution < -0.4 is 15.4 Å². The molecule has 0 fully saturated rings. The van der Waals surface area contributed by atoms with Crippen molar-refractivity contribution in [3.8, 4) is 5.75 Å². The first kappa shape index (κ1) is 21.9. The van der Waals surface area contributed by atoms with Crippen molar-refractivity contribution >= 4 is 17.8 Å². The molecule has 0 unspecified atom stereocenters. The van der Waals surface area contributed by atoms with Crippen LogP contribution in [0.1, 0.15) is 41.4 Å². The number of rotatable bonds is 9. The van der Waals surface area contributed by atoms with Gasteiger partial charge in [-0.1, -0.05) is 31.2 Å². The standard InChI is InChI=1S/C22H26N2O5/c1-4-16-5-7-17(8-6-16)15(2)24-20(25)14-29-21(26)13-23-22(27)18-9-11-19(28-3)12-10-18/h5-12,15H,4,13-14H2,1-3H3,(H,23,27)(H,24,25)/t15-/m0/s1. The average Bonchev–Trinajstić information content (AvgIpc) is 2.76. The van der Waals surface area contributed by atoms with Crippen molar-refractivity contribution in [1.82, 2.24) is 10.6 Å². The van der Waals surface area contributed by atoms with Crippen molar-refractivity contribution in [3.05, 3.63) is 65.2 Å². The van der Waals surface area contributed by atoms with E-state index in [-0.39, 0.29) is 12.6 Å². The van der Waals surface area contributed by atoms with Crippen LogP contribution in [0.15, 0.2) is 48.5 Å². The Kier molecular flexibility index (Phi) is 8.21. The molecule has 0 aliphatic carbocycles. The fourth-order valence-electron chi connectivity index (χ4n) is 2.60. The first-order valence-corrected chi connectivity index (χ1v) is 9.39. The Bertz CT molecular complexity index is 831. The molecule has 0 saturated heterocycles. The molecule has 0 aromatic heterocycles. The Balaban J connectivity index is 1.71. The third-order valence-corrected chi connectivity index (χ3v) is 4.38. The van der Waals surface area contributed by atoms with Crippen LogP contribution in [-0.4, -0.2) is 38.0 Å². The summed E-state index contributed by atoms with van der Waals surface area (Å²) in [6.45, 7) is 3.20. The van der Waals surface area contributed by atoms with Gasteiger partial charge in [-0.15, -0.1) is 0 Å². The molecule has 2 N–H and O–H groups in total. The molecule has 2 rings (SSSR count). The highest BCUT2D eigenvalue weighted by Crippen LogP contribution is 2.13. The molecule has 2 aromatic rings. The fraction of sp³-hybridized carbons (Fsp3) is 0.318. The van der Waals surface area contributed by atoms with Crippen molar-refractivity contribution < 1.29 is 23.9 Å². The van der Waals surface area contributed by atoms with E-state index in [0.29, 0.717) is 11.3 Å². The van der Waals surface area contributed by atoms with Crippen LogP contribution in [0, 0.1) is 0 Å². The third kappa shape index (κ3) is 6.95. The molecular formula is C22H26N2O5. The van der Waals surface area contributed by atoms with Crippen molar-refractivity contribution in [1.29, 1.82) is 0 Å². The van der Waals surface area contributed by atoms with Crippen LogP contribution in [0.5, 0.6) is 5.75 Å². The molecule has 0 radical (unpaired) electrons. The van der Waals surface area contributed by atoms with Crippen LogP contribution in [0.3, 0.4) is 0 Å². The molecule has 0 aliphatic rings. The Morgan fingerprint density at radius 2 is 1.66 bits per heavy atom. The molecule has 1 atom stereocenters. The van der Waals surface area contributed by atoms with Gasteiger partial charge in [-0.2, -0.15) is 0 Å². The number of benzene rings is 2. The topological polar surface area (TPSA) is 93.7 Å². The highest BCUT2D eigenvalue weighted by Gasteiger charge is 2.13. The number of amides is 2. The van der Waals surface area contributed by atoms with Crippen LogP contribution >= 0.6 is 0 Å². The largest absolute Gasteiger partial charge is 0.497 e. The van der Waals surface area contributed by atoms with Crippen molar-refractivity contribution in [2.75, 3.05) is 20.3 Å². The van der Waals surface area contributed by atoms with Gasteiger partial charge in [0.25, 0.3) is 11.8 Å². The lowest BCUT2D eigenvalue weighted by molar-refractivity contribution is -0.147. The zero-order valence-electron chi connectivity index (χ0n) is 16.9. The summed E-state index contributed by atoms with van der Waals surface area (Å²) in [5.41, 5.74) is 2.57. The number of hydrogen-bond acceptors (Lipinski definition) is 5. The Morgan fingerprint density at radius 1 is 1.00 bits per heavy atom. The second-order valence-electron chi connectivity index (χ2n) is 6.46. The molecule has 0 aliphatic heterocycles. The Morgan fingerprint density at radius 3 is 2.24 bits per heavy atom. The van der Waals surface area contributed by atoms with Gasteiger partial charge in [-0.3, -0.25) is 14.4 Å². The maximum absolute atomic E-state index is 12.0. The minimum absolute atomic E-state index is 0.207. The summed E-state index contributed by atoms with van der Waals surface area (Å²) in [6, 6.07) is 14.2. The van der Waals surface area contributed by atoms with E-state index in [4.69, 9.17) is 9.47 Å². The van der Waals surface area contributed by atoms with E-state index in [1.54, 1.807) is 24.3 Å². The normalized spacial score (nSPS) is 11.3. The fourth-order valence-corrected chi connectivity index (χ4v) is 2.60. The second-order valence-corrected chi connectivity index (χ2v) is 6.46. The van der Waals surface area contributed by atoms with Gasteiger partial charge in [0, 0.05) is 5.56 Å². The summed E-state index contributed by atoms with van der Waals surface area (Å²) in [6.07, 6.45) is 0.950. The SMILES string of the molecule is CCc1ccc([C@H](C)NC(=O)COC(=O)CNC(=O)c2ccc(OC)cc2)cc1. The smallest absolute Gasteiger partial charge is 0.325 e. The zero-order valence-corrected chi connectivity index (χ0v) is 16.9. The lowest BCUT2D eigenvalue weighted by Crippen LogP contribution is -2.34. The molecule has 0 bridgehead atoms. The van der Waals surface area contributed by atoms with Gasteiger partial charge in [0.15, 0.2) is 6.61 Å². The maximum Gasteiger partial charge on any atom is 0.325 e. The molecule has 0 saturated carbocycles. The summed E-state index contributed by atoms with van der Waals surface area (Å²) in [5.74, 6) is -0.894. The number of aryl methyl sites for hydroxylation is 1. The van der Waals surface area contributed by atoms with Crippen molar-refractivity contribution in [2.24, 2.45) is 0 Å². The monoisotopic (exact) mass is 398 g/mol. The van der Waals surface area contributed by atoms with Gasteiger partial charge < -0.3 is 20.1 Å². The Hall–Kier alpha value is -3.35. The highest BCUT2D eigenvalue weighted by atomic mass is 16.5. The van der Waals surface area contributed by atoms with Gasteiger partial charge >= 0.3 is 5.97 Å². The predicted octanol–water partition coefficient (Wildman–Crippen LogP) is 2.41. The van der Waals surface area contributed by atoms with Gasteiger partial charge in [-0.25, -0.2) is 0 Å². The van der Waals surface area contributed by atoms with E-state index in [9.17, 15) is 14.4 Å². The summed E-state index contributed by atoms with van der Waals surface area (Å²) >= 11 is 0. The predicted molar refractivity (Wildman–Crippen MR) is 109 cm³/mol. The number of carbonyl (C=O) groups is 3. The van der Waals surface area contributed by atoms with E-state index < -0.39 is 24.4 Å². The molecule has 7 nitrogen and oxygen atoms in total. The van der Waals surface area contributed by atoms with Crippen molar-refractivity contribution in [3.63, 3.8) is 0 Å². The summed E-state index contributed by atoms with van der Waals surface area (Å²) in [4.78, 5) is 35.8. The molecule has 7 heteroatoms. The molecule has 2 amide bonds. The number of hydrogen-bond donors (Lipinski definition) is 2. The van der Waals surface area contributed by atoms with Crippen LogP contribution in [0.4, 0.5) is 0 Å². The second kappa shape index (κ2) is 10.8. The highest BCUT2D eigenvalue weighted by molar-refractivity contribution is 5.96. The molecule has 29 heavy (non-hydrogen) atoms. The van der Waals surface area contributed by atoms with E-state index >= 15 is 0 Å². The summed E-state index contributed by atoms with van der Waals surface area (Å²) in [5, 5.41) is 5.23. The van der Waals surface area contributed by atoms with Gasteiger partial charge in [0.2, 0.25) is 0 Å². The number of carbonyl (C=O) groups excluding carboxylic acids is 3. The third-order valence-electron chi connectivity index (χ3n) is 4.38. The van der Waals surface area contributed by atoms with E-state index in [0.717, 1.165) is 12.0 Å². The maximum atomic E-state index is 12.0. The Labute approximate surface area is 170 Å². The molecule has 154 valence electrons. The molecular weight excluding hydrogens is 372 g/mol. The van der Waals surface area contributed by atoms with E-state index in [1.165, 1.54) is 12.7 Å². The minimum atomic E-state index is -0.693. The van der Waals surface area contributed by atoms with Gasteiger partial charge in [0.05, 0.1) is 13.2 Å². The summed E-state index contributed by atoms with van der Waals surface area (Å²) in [7, 11) is 1.53. The van der Waals surface area contributed by atoms with Crippen LogP contribution in [-0.2, 0) is 20.7 Å². The summed E-state index contributed by atoms with van der Waals surface area (Å²) < 4.78 is 9.94. The van der Waals surface area contributed by atoms with Crippen LogP contribution in [0.2, 0.25) is 0 Å². The first-order valence-electron chi connectivity index (χ1n) is 9.39. The lowest BCUT2D eigenvalue weighted by atomic mass is 10.1. The van der Waals surface area contributed by atoms with Crippen LogP contribution in [0.25, 0.3) is 0 Å². The number of ether oxygens (including phenoxy) is 2. The molecule has 0 heterocycles. The van der Waals surface area contributed by atoms with Gasteiger partial charge in [0.1, 0.15) is 12.3 Å². The minimum Gasteiger partial charge on any atom is -0.497 e. The average molecular weight is 398 g/mol. The van der Waals surface area contributed by atoms with Crippen molar-refractivity contribution in [2.45, 2.75) is 26.3 Å². The quantitative estimate of drug-likeness (QED) is 0.633. The van der Waals surface area contributed by atoms with Gasteiger partial charge in [-0.05, 0) is 48.7 Å². The lowest BCUT2D eigenvalue weighted by Gasteiger charge is -2.15. The number of esters is 1. The van der Waals surface area contributed by atoms with E-state index in [2.05, 4.69) is 17.6 Å². The number of nitrogens with one attached hydrogen (secondary N) is 2. The number of methoxy groups -OCH3 is 1. The molecule has 0 spiro atoms. The van der Waals surface area contributed by atoms with E-state index in [1.807, 2.05) is 31.2 Å². The molecule has 2 aromatic carbocycles.